The van der Waals surface area contributed by atoms with Gasteiger partial charge < -0.3 is 20.9 Å². The van der Waals surface area contributed by atoms with E-state index < -0.39 is 0 Å². The van der Waals surface area contributed by atoms with Crippen molar-refractivity contribution < 1.29 is 4.79 Å². The van der Waals surface area contributed by atoms with E-state index in [4.69, 9.17) is 23.2 Å². The second-order valence-electron chi connectivity index (χ2n) is 8.52. The van der Waals surface area contributed by atoms with Gasteiger partial charge in [0.1, 0.15) is 0 Å². The van der Waals surface area contributed by atoms with E-state index in [9.17, 15) is 4.79 Å². The molecule has 3 aromatic rings. The minimum Gasteiger partial charge on any atom is -0.337 e. The van der Waals surface area contributed by atoms with E-state index in [1.54, 1.807) is 29.5 Å². The van der Waals surface area contributed by atoms with Crippen LogP contribution in [0.2, 0.25) is 10.0 Å². The second-order valence-corrected chi connectivity index (χ2v) is 10.2. The standard InChI is InChI=1S/C26H32Cl2N4OS/c1-32(2)12-3-10-29-11-8-21(19-4-6-20(7-5-19)22-9-13-34-18-22)17-30-26(33)31-25-15-23(27)14-24(28)16-25/h4-7,9,13-16,18,21,29H,3,8,10-12,17H2,1-2H3,(H2,30,31,33). The molecule has 0 bridgehead atoms. The number of amides is 2. The van der Waals surface area contributed by atoms with Gasteiger partial charge in [-0.1, -0.05) is 47.5 Å². The van der Waals surface area contributed by atoms with Crippen LogP contribution in [0.15, 0.2) is 59.3 Å². The van der Waals surface area contributed by atoms with Gasteiger partial charge in [0.25, 0.3) is 0 Å². The van der Waals surface area contributed by atoms with Crippen LogP contribution in [0.5, 0.6) is 0 Å². The summed E-state index contributed by atoms with van der Waals surface area (Å²) in [5, 5.41) is 14.5. The van der Waals surface area contributed by atoms with E-state index in [1.165, 1.54) is 16.7 Å². The molecule has 34 heavy (non-hydrogen) atoms. The third-order valence-electron chi connectivity index (χ3n) is 5.49. The zero-order valence-electron chi connectivity index (χ0n) is 19.6. The van der Waals surface area contributed by atoms with E-state index in [0.717, 1.165) is 32.5 Å². The van der Waals surface area contributed by atoms with Crippen LogP contribution in [0.25, 0.3) is 11.1 Å². The van der Waals surface area contributed by atoms with E-state index in [1.807, 2.05) is 0 Å². The smallest absolute Gasteiger partial charge is 0.319 e. The Morgan fingerprint density at radius 3 is 2.38 bits per heavy atom. The number of anilines is 1. The lowest BCUT2D eigenvalue weighted by molar-refractivity contribution is 0.251. The summed E-state index contributed by atoms with van der Waals surface area (Å²) in [6.07, 6.45) is 2.03. The Morgan fingerprint density at radius 2 is 1.74 bits per heavy atom. The first-order valence-corrected chi connectivity index (χ1v) is 13.1. The number of nitrogens with one attached hydrogen (secondary N) is 3. The minimum atomic E-state index is -0.280. The third kappa shape index (κ3) is 8.93. The van der Waals surface area contributed by atoms with Crippen LogP contribution in [0.4, 0.5) is 10.5 Å². The molecule has 0 radical (unpaired) electrons. The lowest BCUT2D eigenvalue weighted by Gasteiger charge is -2.19. The average molecular weight is 520 g/mol. The molecule has 1 aromatic heterocycles. The number of carbonyl (C=O) groups is 1. The topological polar surface area (TPSA) is 56.4 Å². The number of urea groups is 1. The lowest BCUT2D eigenvalue weighted by atomic mass is 9.94. The summed E-state index contributed by atoms with van der Waals surface area (Å²) in [4.78, 5) is 14.7. The van der Waals surface area contributed by atoms with Crippen molar-refractivity contribution in [2.45, 2.75) is 18.8 Å². The van der Waals surface area contributed by atoms with Gasteiger partial charge in [-0.05, 0) is 98.3 Å². The maximum Gasteiger partial charge on any atom is 0.319 e. The van der Waals surface area contributed by atoms with Gasteiger partial charge in [-0.2, -0.15) is 11.3 Å². The monoisotopic (exact) mass is 518 g/mol. The van der Waals surface area contributed by atoms with Crippen LogP contribution in [-0.4, -0.2) is 51.2 Å². The van der Waals surface area contributed by atoms with Crippen molar-refractivity contribution in [2.24, 2.45) is 0 Å². The largest absolute Gasteiger partial charge is 0.337 e. The van der Waals surface area contributed by atoms with Crippen LogP contribution in [0.1, 0.15) is 24.3 Å². The molecule has 1 heterocycles. The predicted molar refractivity (Wildman–Crippen MR) is 147 cm³/mol. The number of benzene rings is 2. The number of rotatable bonds is 12. The van der Waals surface area contributed by atoms with Gasteiger partial charge in [-0.3, -0.25) is 0 Å². The first-order chi connectivity index (χ1) is 16.4. The van der Waals surface area contributed by atoms with E-state index in [0.29, 0.717) is 22.3 Å². The zero-order valence-corrected chi connectivity index (χ0v) is 21.9. The normalized spacial score (nSPS) is 12.0. The molecule has 0 aliphatic rings. The quantitative estimate of drug-likeness (QED) is 0.238. The van der Waals surface area contributed by atoms with Crippen LogP contribution < -0.4 is 16.0 Å². The highest BCUT2D eigenvalue weighted by Crippen LogP contribution is 2.26. The molecule has 3 N–H and O–H groups in total. The molecule has 182 valence electrons. The molecule has 0 spiro atoms. The molecule has 1 unspecified atom stereocenters. The third-order valence-corrected chi connectivity index (χ3v) is 6.61. The van der Waals surface area contributed by atoms with Crippen molar-refractivity contribution in [2.75, 3.05) is 45.6 Å². The highest BCUT2D eigenvalue weighted by atomic mass is 35.5. The Hall–Kier alpha value is -2.09. The Balaban J connectivity index is 1.59. The van der Waals surface area contributed by atoms with Crippen LogP contribution in [0, 0.1) is 0 Å². The Bertz CT molecular complexity index is 1010. The highest BCUT2D eigenvalue weighted by molar-refractivity contribution is 7.08. The van der Waals surface area contributed by atoms with Crippen molar-refractivity contribution in [3.63, 3.8) is 0 Å². The molecular formula is C26H32Cl2N4OS. The Labute approximate surface area is 216 Å². The fourth-order valence-corrected chi connectivity index (χ4v) is 4.89. The average Bonchev–Trinajstić information content (AvgIpc) is 3.32. The SMILES string of the molecule is CN(C)CCCNCCC(CNC(=O)Nc1cc(Cl)cc(Cl)c1)c1ccc(-c2ccsc2)cc1. The number of hydrogen-bond acceptors (Lipinski definition) is 4. The van der Waals surface area contributed by atoms with Crippen LogP contribution >= 0.6 is 34.5 Å². The fraction of sp³-hybridized carbons (Fsp3) is 0.346. The zero-order chi connectivity index (χ0) is 24.3. The Morgan fingerprint density at radius 1 is 1.00 bits per heavy atom. The lowest BCUT2D eigenvalue weighted by Crippen LogP contribution is -2.33. The molecule has 0 saturated heterocycles. The highest BCUT2D eigenvalue weighted by Gasteiger charge is 2.14. The molecule has 1 atom stereocenters. The molecule has 3 rings (SSSR count). The maximum absolute atomic E-state index is 12.5. The predicted octanol–water partition coefficient (Wildman–Crippen LogP) is 6.56. The van der Waals surface area contributed by atoms with Gasteiger partial charge in [-0.15, -0.1) is 0 Å². The second kappa shape index (κ2) is 13.7. The van der Waals surface area contributed by atoms with Crippen molar-refractivity contribution in [3.05, 3.63) is 74.9 Å². The van der Waals surface area contributed by atoms with E-state index >= 15 is 0 Å². The van der Waals surface area contributed by atoms with Crippen LogP contribution in [0.3, 0.4) is 0 Å². The summed E-state index contributed by atoms with van der Waals surface area (Å²) >= 11 is 13.8. The van der Waals surface area contributed by atoms with E-state index in [-0.39, 0.29) is 11.9 Å². The van der Waals surface area contributed by atoms with Gasteiger partial charge in [0, 0.05) is 28.2 Å². The van der Waals surface area contributed by atoms with Crippen molar-refractivity contribution >= 4 is 46.3 Å². The van der Waals surface area contributed by atoms with Gasteiger partial charge >= 0.3 is 6.03 Å². The summed E-state index contributed by atoms with van der Waals surface area (Å²) in [6, 6.07) is 15.5. The van der Waals surface area contributed by atoms with Crippen molar-refractivity contribution in [1.82, 2.24) is 15.5 Å². The fourth-order valence-electron chi connectivity index (χ4n) is 3.70. The maximum atomic E-state index is 12.5. The van der Waals surface area contributed by atoms with Crippen LogP contribution in [-0.2, 0) is 0 Å². The number of thiophene rings is 1. The number of hydrogen-bond donors (Lipinski definition) is 3. The molecule has 5 nitrogen and oxygen atoms in total. The molecular weight excluding hydrogens is 487 g/mol. The summed E-state index contributed by atoms with van der Waals surface area (Å²) < 4.78 is 0. The number of nitrogens with zero attached hydrogens (tertiary/aromatic N) is 1. The first kappa shape index (κ1) is 26.5. The molecule has 0 aliphatic carbocycles. The van der Waals surface area contributed by atoms with E-state index in [2.05, 4.69) is 76.0 Å². The summed E-state index contributed by atoms with van der Waals surface area (Å²) in [5.41, 5.74) is 4.21. The van der Waals surface area contributed by atoms with Crippen molar-refractivity contribution in [1.29, 1.82) is 0 Å². The summed E-state index contributed by atoms with van der Waals surface area (Å²) in [5.74, 6) is 0.187. The number of halogens is 2. The number of carbonyl (C=O) groups excluding carboxylic acids is 1. The molecule has 8 heteroatoms. The molecule has 2 amide bonds. The minimum absolute atomic E-state index is 0.187. The Kier molecular flexibility index (Phi) is 10.7. The molecule has 0 aliphatic heterocycles. The first-order valence-electron chi connectivity index (χ1n) is 11.4. The van der Waals surface area contributed by atoms with Gasteiger partial charge in [0.05, 0.1) is 0 Å². The summed E-state index contributed by atoms with van der Waals surface area (Å²) in [7, 11) is 4.17. The molecule has 0 fully saturated rings. The van der Waals surface area contributed by atoms with Gasteiger partial charge in [-0.25, -0.2) is 4.79 Å². The van der Waals surface area contributed by atoms with Gasteiger partial charge in [0.15, 0.2) is 0 Å². The molecule has 0 saturated carbocycles. The van der Waals surface area contributed by atoms with Gasteiger partial charge in [0.2, 0.25) is 0 Å². The molecule has 2 aromatic carbocycles. The van der Waals surface area contributed by atoms with Crippen molar-refractivity contribution in [3.8, 4) is 11.1 Å². The summed E-state index contributed by atoms with van der Waals surface area (Å²) in [6.45, 7) is 3.45.